The predicted octanol–water partition coefficient (Wildman–Crippen LogP) is 1.94. The third-order valence-electron chi connectivity index (χ3n) is 3.01. The minimum absolute atomic E-state index is 0.137. The first-order valence-electron chi connectivity index (χ1n) is 6.24. The first kappa shape index (κ1) is 12.2. The van der Waals surface area contributed by atoms with Gasteiger partial charge < -0.3 is 10.1 Å². The van der Waals surface area contributed by atoms with E-state index >= 15 is 0 Å². The Morgan fingerprint density at radius 3 is 3.05 bits per heavy atom. The second-order valence-corrected chi connectivity index (χ2v) is 4.37. The molecule has 0 bridgehead atoms. The van der Waals surface area contributed by atoms with Crippen molar-refractivity contribution >= 4 is 0 Å². The SMILES string of the molecule is Fc1cccc(-c2ccnc(C3CNCCO3)n2)c1. The molecule has 98 valence electrons. The number of hydrogen-bond donors (Lipinski definition) is 1. The van der Waals surface area contributed by atoms with Crippen molar-refractivity contribution in [3.8, 4) is 11.3 Å². The first-order valence-corrected chi connectivity index (χ1v) is 6.24. The summed E-state index contributed by atoms with van der Waals surface area (Å²) in [6, 6.07) is 8.15. The van der Waals surface area contributed by atoms with Gasteiger partial charge in [-0.25, -0.2) is 14.4 Å². The minimum Gasteiger partial charge on any atom is -0.368 e. The highest BCUT2D eigenvalue weighted by atomic mass is 19.1. The molecule has 1 saturated heterocycles. The number of aromatic nitrogens is 2. The molecule has 5 heteroatoms. The molecule has 19 heavy (non-hydrogen) atoms. The summed E-state index contributed by atoms with van der Waals surface area (Å²) in [5.74, 6) is 0.363. The van der Waals surface area contributed by atoms with Crippen molar-refractivity contribution < 1.29 is 9.13 Å². The van der Waals surface area contributed by atoms with E-state index in [0.717, 1.165) is 12.1 Å². The van der Waals surface area contributed by atoms with E-state index in [1.165, 1.54) is 12.1 Å². The summed E-state index contributed by atoms with van der Waals surface area (Å²) in [4.78, 5) is 8.71. The number of halogens is 1. The topological polar surface area (TPSA) is 47.0 Å². The Balaban J connectivity index is 1.91. The highest BCUT2D eigenvalue weighted by molar-refractivity contribution is 5.58. The number of morpholine rings is 1. The Morgan fingerprint density at radius 2 is 2.26 bits per heavy atom. The lowest BCUT2D eigenvalue weighted by Crippen LogP contribution is -2.34. The van der Waals surface area contributed by atoms with Crippen LogP contribution in [0.25, 0.3) is 11.3 Å². The number of rotatable bonds is 2. The summed E-state index contributed by atoms with van der Waals surface area (Å²) in [5.41, 5.74) is 1.45. The monoisotopic (exact) mass is 259 g/mol. The zero-order valence-corrected chi connectivity index (χ0v) is 10.3. The predicted molar refractivity (Wildman–Crippen MR) is 69.0 cm³/mol. The van der Waals surface area contributed by atoms with Crippen LogP contribution in [0.15, 0.2) is 36.5 Å². The molecule has 2 heterocycles. The molecular weight excluding hydrogens is 245 g/mol. The van der Waals surface area contributed by atoms with Crippen molar-refractivity contribution in [2.45, 2.75) is 6.10 Å². The molecule has 0 aliphatic carbocycles. The molecule has 1 unspecified atom stereocenters. The molecule has 1 fully saturated rings. The maximum absolute atomic E-state index is 13.2. The molecule has 1 atom stereocenters. The summed E-state index contributed by atoms with van der Waals surface area (Å²) in [5, 5.41) is 3.24. The molecule has 3 rings (SSSR count). The molecule has 1 N–H and O–H groups in total. The lowest BCUT2D eigenvalue weighted by atomic mass is 10.1. The van der Waals surface area contributed by atoms with E-state index in [-0.39, 0.29) is 11.9 Å². The number of nitrogens with one attached hydrogen (secondary N) is 1. The third kappa shape index (κ3) is 2.77. The van der Waals surface area contributed by atoms with Crippen LogP contribution in [0.4, 0.5) is 4.39 Å². The van der Waals surface area contributed by atoms with Gasteiger partial charge in [0.25, 0.3) is 0 Å². The largest absolute Gasteiger partial charge is 0.368 e. The number of benzene rings is 1. The maximum atomic E-state index is 13.2. The van der Waals surface area contributed by atoms with E-state index < -0.39 is 0 Å². The van der Waals surface area contributed by atoms with Gasteiger partial charge in [0.1, 0.15) is 11.9 Å². The Labute approximate surface area is 110 Å². The van der Waals surface area contributed by atoms with Crippen molar-refractivity contribution in [1.29, 1.82) is 0 Å². The Morgan fingerprint density at radius 1 is 1.32 bits per heavy atom. The van der Waals surface area contributed by atoms with Gasteiger partial charge in [-0.1, -0.05) is 12.1 Å². The average molecular weight is 259 g/mol. The lowest BCUT2D eigenvalue weighted by Gasteiger charge is -2.22. The van der Waals surface area contributed by atoms with Crippen LogP contribution in [0.1, 0.15) is 11.9 Å². The highest BCUT2D eigenvalue weighted by Gasteiger charge is 2.18. The fourth-order valence-electron chi connectivity index (χ4n) is 2.07. The number of ether oxygens (including phenoxy) is 1. The van der Waals surface area contributed by atoms with Crippen LogP contribution in [0.3, 0.4) is 0 Å². The summed E-state index contributed by atoms with van der Waals surface area (Å²) in [7, 11) is 0. The number of hydrogen-bond acceptors (Lipinski definition) is 4. The first-order chi connectivity index (χ1) is 9.33. The van der Waals surface area contributed by atoms with Gasteiger partial charge in [0.15, 0.2) is 5.82 Å². The van der Waals surface area contributed by atoms with Crippen LogP contribution in [-0.4, -0.2) is 29.7 Å². The summed E-state index contributed by atoms with van der Waals surface area (Å²) >= 11 is 0. The minimum atomic E-state index is -0.270. The summed E-state index contributed by atoms with van der Waals surface area (Å²) in [6.45, 7) is 2.20. The van der Waals surface area contributed by atoms with Crippen LogP contribution >= 0.6 is 0 Å². The zero-order valence-electron chi connectivity index (χ0n) is 10.3. The smallest absolute Gasteiger partial charge is 0.159 e. The molecule has 4 nitrogen and oxygen atoms in total. The fourth-order valence-corrected chi connectivity index (χ4v) is 2.07. The van der Waals surface area contributed by atoms with E-state index in [0.29, 0.717) is 24.7 Å². The van der Waals surface area contributed by atoms with E-state index in [2.05, 4.69) is 15.3 Å². The van der Waals surface area contributed by atoms with E-state index in [4.69, 9.17) is 4.74 Å². The molecule has 0 radical (unpaired) electrons. The normalized spacial score (nSPS) is 19.3. The van der Waals surface area contributed by atoms with Crippen LogP contribution < -0.4 is 5.32 Å². The molecule has 1 aromatic heterocycles. The summed E-state index contributed by atoms with van der Waals surface area (Å²) < 4.78 is 18.8. The summed E-state index contributed by atoms with van der Waals surface area (Å²) in [6.07, 6.45) is 1.54. The van der Waals surface area contributed by atoms with Gasteiger partial charge >= 0.3 is 0 Å². The molecule has 1 aliphatic heterocycles. The lowest BCUT2D eigenvalue weighted by molar-refractivity contribution is 0.0222. The van der Waals surface area contributed by atoms with Gasteiger partial charge in [-0.3, -0.25) is 0 Å². The molecule has 0 amide bonds. The third-order valence-corrected chi connectivity index (χ3v) is 3.01. The zero-order chi connectivity index (χ0) is 13.1. The van der Waals surface area contributed by atoms with Gasteiger partial charge in [0, 0.05) is 24.8 Å². The molecule has 0 spiro atoms. The van der Waals surface area contributed by atoms with E-state index in [1.54, 1.807) is 18.3 Å². The van der Waals surface area contributed by atoms with Crippen LogP contribution in [-0.2, 0) is 4.74 Å². The van der Waals surface area contributed by atoms with Crippen LogP contribution in [0.5, 0.6) is 0 Å². The van der Waals surface area contributed by atoms with Gasteiger partial charge in [0.05, 0.1) is 12.3 Å². The average Bonchev–Trinajstić information content (AvgIpc) is 2.48. The molecule has 1 aromatic carbocycles. The highest BCUT2D eigenvalue weighted by Crippen LogP contribution is 2.20. The fraction of sp³-hybridized carbons (Fsp3) is 0.286. The molecule has 0 saturated carbocycles. The quantitative estimate of drug-likeness (QED) is 0.895. The molecule has 2 aromatic rings. The van der Waals surface area contributed by atoms with E-state index in [9.17, 15) is 4.39 Å². The van der Waals surface area contributed by atoms with Crippen LogP contribution in [0, 0.1) is 5.82 Å². The molecule has 1 aliphatic rings. The van der Waals surface area contributed by atoms with Gasteiger partial charge in [0.2, 0.25) is 0 Å². The Kier molecular flexibility index (Phi) is 3.48. The Bertz CT molecular complexity index is 570. The second-order valence-electron chi connectivity index (χ2n) is 4.37. The second kappa shape index (κ2) is 5.42. The van der Waals surface area contributed by atoms with Gasteiger partial charge in [-0.05, 0) is 18.2 Å². The van der Waals surface area contributed by atoms with Crippen molar-refractivity contribution in [3.05, 3.63) is 48.2 Å². The van der Waals surface area contributed by atoms with Crippen LogP contribution in [0.2, 0.25) is 0 Å². The van der Waals surface area contributed by atoms with Crippen molar-refractivity contribution in [1.82, 2.24) is 15.3 Å². The number of nitrogens with zero attached hydrogens (tertiary/aromatic N) is 2. The molecular formula is C14H14FN3O. The maximum Gasteiger partial charge on any atom is 0.159 e. The van der Waals surface area contributed by atoms with Crippen molar-refractivity contribution in [3.63, 3.8) is 0 Å². The van der Waals surface area contributed by atoms with Crippen molar-refractivity contribution in [2.24, 2.45) is 0 Å². The Hall–Kier alpha value is -1.85. The van der Waals surface area contributed by atoms with Crippen molar-refractivity contribution in [2.75, 3.05) is 19.7 Å². The standard InChI is InChI=1S/C14H14FN3O/c15-11-3-1-2-10(8-11)12-4-5-17-14(18-12)13-9-16-6-7-19-13/h1-5,8,13,16H,6-7,9H2. The van der Waals surface area contributed by atoms with Gasteiger partial charge in [-0.15, -0.1) is 0 Å². The van der Waals surface area contributed by atoms with E-state index in [1.807, 2.05) is 6.07 Å². The van der Waals surface area contributed by atoms with Gasteiger partial charge in [-0.2, -0.15) is 0 Å².